The van der Waals surface area contributed by atoms with Crippen LogP contribution in [0.5, 0.6) is 5.75 Å². The molecule has 1 atom stereocenters. The van der Waals surface area contributed by atoms with E-state index < -0.39 is 23.7 Å². The third-order valence-corrected chi connectivity index (χ3v) is 7.44. The molecule has 0 radical (unpaired) electrons. The van der Waals surface area contributed by atoms with Crippen molar-refractivity contribution in [1.29, 1.82) is 0 Å². The van der Waals surface area contributed by atoms with Gasteiger partial charge in [0.25, 0.3) is 5.78 Å². The number of thiazole rings is 1. The number of esters is 1. The number of ketones is 1. The van der Waals surface area contributed by atoms with Crippen molar-refractivity contribution < 1.29 is 29.0 Å². The zero-order valence-corrected chi connectivity index (χ0v) is 22.7. The molecule has 1 fully saturated rings. The van der Waals surface area contributed by atoms with E-state index in [9.17, 15) is 19.5 Å². The molecule has 0 unspecified atom stereocenters. The lowest BCUT2D eigenvalue weighted by molar-refractivity contribution is -0.132. The van der Waals surface area contributed by atoms with Crippen LogP contribution in [0.2, 0.25) is 0 Å². The summed E-state index contributed by atoms with van der Waals surface area (Å²) < 4.78 is 11.1. The van der Waals surface area contributed by atoms with Gasteiger partial charge >= 0.3 is 11.9 Å². The number of aliphatic hydroxyl groups excluding tert-OH is 1. The first kappa shape index (κ1) is 26.3. The number of aromatic nitrogens is 1. The lowest BCUT2D eigenvalue weighted by Gasteiger charge is -2.23. The van der Waals surface area contributed by atoms with Gasteiger partial charge in [0.15, 0.2) is 5.13 Å². The molecule has 1 aromatic heterocycles. The molecule has 190 valence electrons. The molecule has 3 aromatic rings. The summed E-state index contributed by atoms with van der Waals surface area (Å²) in [4.78, 5) is 45.2. The highest BCUT2D eigenvalue weighted by Gasteiger charge is 2.48. The molecule has 4 rings (SSSR count). The average molecular weight is 583 g/mol. The minimum atomic E-state index is -0.985. The molecule has 1 amide bonds. The number of rotatable bonds is 7. The van der Waals surface area contributed by atoms with E-state index in [2.05, 4.69) is 27.5 Å². The van der Waals surface area contributed by atoms with Gasteiger partial charge in [-0.25, -0.2) is 9.78 Å². The molecule has 1 N–H and O–H groups in total. The molecule has 0 bridgehead atoms. The summed E-state index contributed by atoms with van der Waals surface area (Å²) in [7, 11) is 1.53. The zero-order valence-electron chi connectivity index (χ0n) is 20.3. The number of nitrogens with zero attached hydrogens (tertiary/aromatic N) is 2. The number of carbonyl (C=O) groups excluding carboxylic acids is 3. The van der Waals surface area contributed by atoms with E-state index in [0.29, 0.717) is 28.1 Å². The van der Waals surface area contributed by atoms with Crippen LogP contribution in [0.3, 0.4) is 0 Å². The molecule has 8 nitrogen and oxygen atoms in total. The Bertz CT molecular complexity index is 1460. The Balaban J connectivity index is 1.90. The van der Waals surface area contributed by atoms with Crippen molar-refractivity contribution in [2.45, 2.75) is 19.9 Å². The van der Waals surface area contributed by atoms with E-state index >= 15 is 0 Å². The van der Waals surface area contributed by atoms with Crippen LogP contribution in [0.15, 0.2) is 65.2 Å². The number of methoxy groups -OCH3 is 1. The number of hydrogen-bond donors (Lipinski definition) is 1. The number of benzene rings is 2. The van der Waals surface area contributed by atoms with E-state index in [4.69, 9.17) is 9.47 Å². The second-order valence-electron chi connectivity index (χ2n) is 8.20. The molecule has 2 heterocycles. The van der Waals surface area contributed by atoms with Crippen LogP contribution in [0.25, 0.3) is 5.76 Å². The number of anilines is 1. The van der Waals surface area contributed by atoms with Crippen molar-refractivity contribution in [2.24, 2.45) is 0 Å². The maximum atomic E-state index is 13.4. The van der Waals surface area contributed by atoms with Crippen molar-refractivity contribution in [1.82, 2.24) is 4.98 Å². The number of Topliss-reactive ketones (excluding diaryl/α,β-unsaturated/α-hetero) is 1. The Kier molecular flexibility index (Phi) is 7.60. The van der Waals surface area contributed by atoms with Crippen LogP contribution < -0.4 is 9.64 Å². The van der Waals surface area contributed by atoms with Crippen molar-refractivity contribution in [2.75, 3.05) is 18.6 Å². The fourth-order valence-corrected chi connectivity index (χ4v) is 5.47. The van der Waals surface area contributed by atoms with Gasteiger partial charge in [0.1, 0.15) is 23.0 Å². The second kappa shape index (κ2) is 10.7. The van der Waals surface area contributed by atoms with E-state index in [1.165, 1.54) is 18.1 Å². The third-order valence-electron chi connectivity index (χ3n) is 5.81. The van der Waals surface area contributed by atoms with Crippen LogP contribution >= 0.6 is 27.3 Å². The van der Waals surface area contributed by atoms with Gasteiger partial charge in [0.05, 0.1) is 24.4 Å². The first-order valence-corrected chi connectivity index (χ1v) is 12.8. The molecule has 0 spiro atoms. The summed E-state index contributed by atoms with van der Waals surface area (Å²) in [6.45, 7) is 6.95. The number of hydrogen-bond acceptors (Lipinski definition) is 8. The highest BCUT2D eigenvalue weighted by molar-refractivity contribution is 9.10. The monoisotopic (exact) mass is 582 g/mol. The van der Waals surface area contributed by atoms with Gasteiger partial charge in [-0.15, -0.1) is 0 Å². The molecule has 1 aliphatic rings. The van der Waals surface area contributed by atoms with E-state index in [1.807, 2.05) is 6.07 Å². The van der Waals surface area contributed by atoms with Gasteiger partial charge in [-0.1, -0.05) is 52.1 Å². The highest BCUT2D eigenvalue weighted by Crippen LogP contribution is 2.44. The Hall–Kier alpha value is -3.76. The molecule has 0 aliphatic carbocycles. The number of carbonyl (C=O) groups is 3. The fraction of sp³-hybridized carbons (Fsp3) is 0.185. The molecule has 37 heavy (non-hydrogen) atoms. The van der Waals surface area contributed by atoms with Crippen molar-refractivity contribution in [3.63, 3.8) is 0 Å². The molecule has 10 heteroatoms. The Morgan fingerprint density at radius 1 is 1.24 bits per heavy atom. The lowest BCUT2D eigenvalue weighted by atomic mass is 9.94. The summed E-state index contributed by atoms with van der Waals surface area (Å²) in [5, 5.41) is 11.5. The van der Waals surface area contributed by atoms with Crippen LogP contribution in [0, 0.1) is 13.8 Å². The Labute approximate surface area is 226 Å². The molecular formula is C27H23BrN2O6S. The largest absolute Gasteiger partial charge is 0.507 e. The normalized spacial score (nSPS) is 16.6. The minimum absolute atomic E-state index is 0.0231. The summed E-state index contributed by atoms with van der Waals surface area (Å²) >= 11 is 4.38. The van der Waals surface area contributed by atoms with E-state index in [1.54, 1.807) is 50.2 Å². The van der Waals surface area contributed by atoms with Crippen LogP contribution in [0.4, 0.5) is 5.13 Å². The standard InChI is InChI=1S/C27H23BrN2O6S/c1-5-11-36-26(34)24-15(3)29-27(37-24)30-21(16-7-6-8-17(28)13-16)20(23(32)25(30)33)22(31)19-10-9-18(35-4)12-14(19)2/h5-10,12-13,21,31H,1,11H2,2-4H3/b22-20+/t21-/m0/s1. The average Bonchev–Trinajstić information content (AvgIpc) is 3.38. The fourth-order valence-electron chi connectivity index (χ4n) is 4.07. The number of amides is 1. The Morgan fingerprint density at radius 3 is 2.65 bits per heavy atom. The van der Waals surface area contributed by atoms with E-state index in [-0.39, 0.29) is 27.9 Å². The van der Waals surface area contributed by atoms with Crippen molar-refractivity contribution >= 4 is 55.8 Å². The second-order valence-corrected chi connectivity index (χ2v) is 10.1. The minimum Gasteiger partial charge on any atom is -0.507 e. The summed E-state index contributed by atoms with van der Waals surface area (Å²) in [5.74, 6) is -2.05. The predicted octanol–water partition coefficient (Wildman–Crippen LogP) is 5.50. The van der Waals surface area contributed by atoms with Crippen molar-refractivity contribution in [3.05, 3.63) is 92.4 Å². The van der Waals surface area contributed by atoms with Crippen LogP contribution in [0.1, 0.15) is 38.1 Å². The highest BCUT2D eigenvalue weighted by atomic mass is 79.9. The maximum absolute atomic E-state index is 13.4. The number of aliphatic hydroxyl groups is 1. The SMILES string of the molecule is C=CCOC(=O)c1sc(N2C(=O)C(=O)/C(=C(/O)c3ccc(OC)cc3C)[C@@H]2c2cccc(Br)c2)nc1C. The first-order chi connectivity index (χ1) is 17.7. The van der Waals surface area contributed by atoms with Gasteiger partial charge in [-0.2, -0.15) is 0 Å². The quantitative estimate of drug-likeness (QED) is 0.129. The van der Waals surface area contributed by atoms with Gasteiger partial charge in [-0.05, 0) is 55.3 Å². The van der Waals surface area contributed by atoms with E-state index in [0.717, 1.165) is 15.8 Å². The predicted molar refractivity (Wildman–Crippen MR) is 144 cm³/mol. The van der Waals surface area contributed by atoms with Gasteiger partial charge in [0.2, 0.25) is 0 Å². The molecule has 0 saturated carbocycles. The lowest BCUT2D eigenvalue weighted by Crippen LogP contribution is -2.29. The van der Waals surface area contributed by atoms with Gasteiger partial charge < -0.3 is 14.6 Å². The first-order valence-electron chi connectivity index (χ1n) is 11.1. The molecule has 1 saturated heterocycles. The van der Waals surface area contributed by atoms with Gasteiger partial charge in [-0.3, -0.25) is 14.5 Å². The van der Waals surface area contributed by atoms with Crippen LogP contribution in [-0.4, -0.2) is 41.5 Å². The summed E-state index contributed by atoms with van der Waals surface area (Å²) in [6.07, 6.45) is 1.45. The topological polar surface area (TPSA) is 106 Å². The summed E-state index contributed by atoms with van der Waals surface area (Å²) in [5.41, 5.74) is 1.90. The smallest absolute Gasteiger partial charge is 0.350 e. The summed E-state index contributed by atoms with van der Waals surface area (Å²) in [6, 6.07) is 11.1. The zero-order chi connectivity index (χ0) is 26.9. The van der Waals surface area contributed by atoms with Gasteiger partial charge in [0, 0.05) is 10.0 Å². The third kappa shape index (κ3) is 4.94. The van der Waals surface area contributed by atoms with Crippen LogP contribution in [-0.2, 0) is 14.3 Å². The Morgan fingerprint density at radius 2 is 2.00 bits per heavy atom. The maximum Gasteiger partial charge on any atom is 0.350 e. The number of aryl methyl sites for hydroxylation is 2. The number of ether oxygens (including phenoxy) is 2. The molecule has 2 aromatic carbocycles. The molecular weight excluding hydrogens is 560 g/mol. The van der Waals surface area contributed by atoms with Crippen molar-refractivity contribution in [3.8, 4) is 5.75 Å². The number of halogens is 1. The molecule has 1 aliphatic heterocycles.